The van der Waals surface area contributed by atoms with Gasteiger partial charge in [0.1, 0.15) is 18.2 Å². The second-order valence-corrected chi connectivity index (χ2v) is 8.83. The average molecular weight is 476 g/mol. The molecule has 1 N–H and O–H groups in total. The van der Waals surface area contributed by atoms with Crippen LogP contribution < -0.4 is 9.64 Å². The van der Waals surface area contributed by atoms with Crippen molar-refractivity contribution in [1.29, 1.82) is 0 Å². The molecule has 0 aromatic heterocycles. The number of amides is 2. The van der Waals surface area contributed by atoms with Crippen LogP contribution in [-0.4, -0.2) is 39.9 Å². The maximum atomic E-state index is 13.8. The molecular formula is C24H20Cl2FNO4. The number of hydrogen-bond donors (Lipinski definition) is 1. The fraction of sp³-hybridized carbons (Fsp3) is 0.250. The monoisotopic (exact) mass is 475 g/mol. The Bertz CT molecular complexity index is 1120. The van der Waals surface area contributed by atoms with Crippen molar-refractivity contribution in [3.05, 3.63) is 84.2 Å². The van der Waals surface area contributed by atoms with Crippen molar-refractivity contribution in [2.45, 2.75) is 22.1 Å². The number of alkyl halides is 2. The third kappa shape index (κ3) is 3.17. The maximum absolute atomic E-state index is 13.8. The number of hydrogen-bond acceptors (Lipinski definition) is 4. The minimum absolute atomic E-state index is 0.0117. The van der Waals surface area contributed by atoms with Crippen molar-refractivity contribution in [3.63, 3.8) is 0 Å². The first kappa shape index (κ1) is 22.5. The summed E-state index contributed by atoms with van der Waals surface area (Å²) in [6, 6.07) is 11.9. The van der Waals surface area contributed by atoms with Gasteiger partial charge in [0.05, 0.1) is 12.3 Å². The minimum atomic E-state index is -1.89. The number of benzene rings is 2. The molecule has 1 saturated heterocycles. The van der Waals surface area contributed by atoms with E-state index in [2.05, 4.69) is 6.58 Å². The van der Waals surface area contributed by atoms with Crippen molar-refractivity contribution in [3.8, 4) is 5.75 Å². The molecule has 0 unspecified atom stereocenters. The Morgan fingerprint density at radius 1 is 1.16 bits per heavy atom. The van der Waals surface area contributed by atoms with Crippen LogP contribution in [0.5, 0.6) is 5.75 Å². The number of halogens is 3. The van der Waals surface area contributed by atoms with Gasteiger partial charge in [0, 0.05) is 11.5 Å². The SMILES string of the molecule is C=CC1=CC[C@@]2(Cl)C(=O)N(c3ccc(F)cc3)C(=O)[C@@]2(Cl)[C@H]1c1ccccc1OCCO. The van der Waals surface area contributed by atoms with Gasteiger partial charge in [-0.1, -0.05) is 36.9 Å². The number of fused-ring (bicyclic) bond motifs is 1. The number of aliphatic hydroxyl groups excluding tert-OH is 1. The first-order valence-electron chi connectivity index (χ1n) is 9.97. The lowest BCUT2D eigenvalue weighted by atomic mass is 9.68. The molecule has 8 heteroatoms. The average Bonchev–Trinajstić information content (AvgIpc) is 2.95. The highest BCUT2D eigenvalue weighted by atomic mass is 35.5. The second-order valence-electron chi connectivity index (χ2n) is 7.59. The van der Waals surface area contributed by atoms with Gasteiger partial charge in [-0.2, -0.15) is 0 Å². The molecule has 1 aliphatic heterocycles. The molecule has 0 saturated carbocycles. The number of nitrogens with zero attached hydrogens (tertiary/aromatic N) is 1. The van der Waals surface area contributed by atoms with Gasteiger partial charge >= 0.3 is 0 Å². The number of carbonyl (C=O) groups excluding carboxylic acids is 2. The third-order valence-electron chi connectivity index (χ3n) is 5.88. The Morgan fingerprint density at radius 3 is 2.50 bits per heavy atom. The highest BCUT2D eigenvalue weighted by Crippen LogP contribution is 2.60. The number of allylic oxidation sites excluding steroid dienone is 3. The van der Waals surface area contributed by atoms with Gasteiger partial charge < -0.3 is 9.84 Å². The zero-order valence-electron chi connectivity index (χ0n) is 16.9. The number of ether oxygens (including phenoxy) is 1. The van der Waals surface area contributed by atoms with Crippen LogP contribution in [-0.2, 0) is 9.59 Å². The molecule has 2 aliphatic rings. The summed E-state index contributed by atoms with van der Waals surface area (Å²) >= 11 is 14.0. The molecule has 2 amide bonds. The minimum Gasteiger partial charge on any atom is -0.491 e. The molecule has 0 spiro atoms. The summed E-state index contributed by atoms with van der Waals surface area (Å²) in [7, 11) is 0. The van der Waals surface area contributed by atoms with Gasteiger partial charge in [-0.3, -0.25) is 9.59 Å². The van der Waals surface area contributed by atoms with E-state index in [0.29, 0.717) is 16.9 Å². The van der Waals surface area contributed by atoms with Gasteiger partial charge in [0.15, 0.2) is 9.75 Å². The van der Waals surface area contributed by atoms with Gasteiger partial charge in [0.2, 0.25) is 0 Å². The lowest BCUT2D eigenvalue weighted by molar-refractivity contribution is -0.122. The van der Waals surface area contributed by atoms with Crippen LogP contribution in [0.1, 0.15) is 17.9 Å². The topological polar surface area (TPSA) is 66.8 Å². The van der Waals surface area contributed by atoms with E-state index in [0.717, 1.165) is 17.0 Å². The summed E-state index contributed by atoms with van der Waals surface area (Å²) in [6.07, 6.45) is 3.33. The Balaban J connectivity index is 1.90. The normalized spacial score (nSPS) is 27.2. The molecule has 32 heavy (non-hydrogen) atoms. The molecule has 1 aliphatic carbocycles. The number of anilines is 1. The largest absolute Gasteiger partial charge is 0.491 e. The number of para-hydroxylation sites is 1. The summed E-state index contributed by atoms with van der Waals surface area (Å²) in [5.74, 6) is -2.34. The molecule has 0 radical (unpaired) electrons. The maximum Gasteiger partial charge on any atom is 0.258 e. The van der Waals surface area contributed by atoms with Crippen molar-refractivity contribution >= 4 is 40.7 Å². The van der Waals surface area contributed by atoms with E-state index in [1.54, 1.807) is 36.4 Å². The van der Waals surface area contributed by atoms with Gasteiger partial charge in [-0.05, 0) is 42.3 Å². The van der Waals surface area contributed by atoms with E-state index in [1.807, 2.05) is 0 Å². The highest BCUT2D eigenvalue weighted by Gasteiger charge is 2.73. The zero-order valence-corrected chi connectivity index (χ0v) is 18.4. The first-order chi connectivity index (χ1) is 15.3. The lowest BCUT2D eigenvalue weighted by Crippen LogP contribution is -2.55. The number of imide groups is 1. The Hall–Kier alpha value is -2.67. The first-order valence-corrected chi connectivity index (χ1v) is 10.7. The van der Waals surface area contributed by atoms with Crippen molar-refractivity contribution in [1.82, 2.24) is 0 Å². The van der Waals surface area contributed by atoms with Crippen molar-refractivity contribution in [2.24, 2.45) is 0 Å². The fourth-order valence-corrected chi connectivity index (χ4v) is 5.21. The summed E-state index contributed by atoms with van der Waals surface area (Å²) in [5.41, 5.74) is 1.34. The predicted molar refractivity (Wildman–Crippen MR) is 121 cm³/mol. The van der Waals surface area contributed by atoms with Crippen LogP contribution in [0.2, 0.25) is 0 Å². The van der Waals surface area contributed by atoms with Crippen molar-refractivity contribution in [2.75, 3.05) is 18.1 Å². The number of carbonyl (C=O) groups is 2. The van der Waals surface area contributed by atoms with Crippen LogP contribution in [0.25, 0.3) is 0 Å². The third-order valence-corrected chi connectivity index (χ3v) is 7.30. The molecule has 3 atom stereocenters. The molecule has 2 aromatic rings. The van der Waals surface area contributed by atoms with Crippen LogP contribution in [0.3, 0.4) is 0 Å². The van der Waals surface area contributed by atoms with Gasteiger partial charge in [-0.15, -0.1) is 23.2 Å². The number of rotatable bonds is 6. The summed E-state index contributed by atoms with van der Waals surface area (Å²) in [4.78, 5) is 24.5. The van der Waals surface area contributed by atoms with Crippen LogP contribution in [0.4, 0.5) is 10.1 Å². The van der Waals surface area contributed by atoms with Gasteiger partial charge in [0.25, 0.3) is 11.8 Å². The number of aliphatic hydroxyl groups is 1. The van der Waals surface area contributed by atoms with Crippen LogP contribution >= 0.6 is 23.2 Å². The van der Waals surface area contributed by atoms with Crippen LogP contribution in [0, 0.1) is 5.82 Å². The van der Waals surface area contributed by atoms with Crippen molar-refractivity contribution < 1.29 is 23.8 Å². The Kier molecular flexibility index (Phi) is 5.88. The lowest BCUT2D eigenvalue weighted by Gasteiger charge is -2.42. The standard InChI is InChI=1S/C24H20Cl2FNO4/c1-2-15-11-12-23(25)21(30)28(17-9-7-16(27)8-10-17)22(31)24(23,26)20(15)18-5-3-4-6-19(18)32-14-13-29/h2-11,20,29H,1,12-14H2/t20-,23-,24+/m1/s1. The predicted octanol–water partition coefficient (Wildman–Crippen LogP) is 4.33. The Labute approximate surface area is 194 Å². The van der Waals surface area contributed by atoms with E-state index in [-0.39, 0.29) is 25.3 Å². The molecule has 2 aromatic carbocycles. The Morgan fingerprint density at radius 2 is 1.84 bits per heavy atom. The summed E-state index contributed by atoms with van der Waals surface area (Å²) in [6.45, 7) is 3.68. The van der Waals surface area contributed by atoms with E-state index in [9.17, 15) is 19.1 Å². The zero-order chi connectivity index (χ0) is 23.1. The highest BCUT2D eigenvalue weighted by molar-refractivity contribution is 6.58. The summed E-state index contributed by atoms with van der Waals surface area (Å²) < 4.78 is 19.1. The molecule has 166 valence electrons. The fourth-order valence-electron chi connectivity index (χ4n) is 4.38. The van der Waals surface area contributed by atoms with E-state index >= 15 is 0 Å². The molecule has 5 nitrogen and oxygen atoms in total. The van der Waals surface area contributed by atoms with Crippen LogP contribution in [0.15, 0.2) is 72.8 Å². The molecule has 1 heterocycles. The van der Waals surface area contributed by atoms with Gasteiger partial charge in [-0.25, -0.2) is 9.29 Å². The summed E-state index contributed by atoms with van der Waals surface area (Å²) in [5, 5.41) is 9.19. The molecule has 1 fully saturated rings. The van der Waals surface area contributed by atoms with E-state index < -0.39 is 33.3 Å². The quantitative estimate of drug-likeness (QED) is 0.498. The molecule has 4 rings (SSSR count). The molecular weight excluding hydrogens is 456 g/mol. The second kappa shape index (κ2) is 8.35. The smallest absolute Gasteiger partial charge is 0.258 e. The van der Waals surface area contributed by atoms with E-state index in [1.165, 1.54) is 12.1 Å². The molecule has 0 bridgehead atoms. The van der Waals surface area contributed by atoms with E-state index in [4.69, 9.17) is 27.9 Å².